The summed E-state index contributed by atoms with van der Waals surface area (Å²) >= 11 is 0. The fourth-order valence-electron chi connectivity index (χ4n) is 4.32. The number of hydrogen-bond acceptors (Lipinski definition) is 2. The van der Waals surface area contributed by atoms with E-state index < -0.39 is 11.6 Å². The van der Waals surface area contributed by atoms with Gasteiger partial charge in [0.05, 0.1) is 0 Å². The maximum atomic E-state index is 14.8. The van der Waals surface area contributed by atoms with Crippen molar-refractivity contribution in [1.82, 2.24) is 0 Å². The van der Waals surface area contributed by atoms with Crippen LogP contribution in [0.4, 0.5) is 4.39 Å². The Morgan fingerprint density at radius 1 is 0.743 bits per heavy atom. The molecule has 0 saturated carbocycles. The van der Waals surface area contributed by atoms with Crippen LogP contribution in [0.25, 0.3) is 22.3 Å². The van der Waals surface area contributed by atoms with E-state index in [1.54, 1.807) is 12.1 Å². The van der Waals surface area contributed by atoms with Crippen LogP contribution in [0.3, 0.4) is 0 Å². The summed E-state index contributed by atoms with van der Waals surface area (Å²) in [5.74, 6) is -0.453. The summed E-state index contributed by atoms with van der Waals surface area (Å²) in [5, 5.41) is 0. The predicted molar refractivity (Wildman–Crippen MR) is 144 cm³/mol. The Bertz CT molecular complexity index is 1050. The number of alkyl halides is 1. The first kappa shape index (κ1) is 26.7. The zero-order chi connectivity index (χ0) is 25.1. The van der Waals surface area contributed by atoms with Crippen molar-refractivity contribution in [1.29, 1.82) is 0 Å². The molecule has 1 unspecified atom stereocenters. The molecule has 0 fully saturated rings. The maximum Gasteiger partial charge on any atom is 0.348 e. The van der Waals surface area contributed by atoms with Crippen LogP contribution in [0, 0.1) is 0 Å². The van der Waals surface area contributed by atoms with Crippen LogP contribution in [0.1, 0.15) is 77.7 Å². The molecule has 0 aromatic heterocycles. The summed E-state index contributed by atoms with van der Waals surface area (Å²) in [5.41, 5.74) is 3.86. The molecule has 0 N–H and O–H groups in total. The minimum Gasteiger partial charge on any atom is -0.424 e. The highest BCUT2D eigenvalue weighted by Crippen LogP contribution is 2.33. The lowest BCUT2D eigenvalue weighted by Crippen LogP contribution is -2.34. The average molecular weight is 475 g/mol. The summed E-state index contributed by atoms with van der Waals surface area (Å²) in [4.78, 5) is 12.4. The first-order chi connectivity index (χ1) is 16.9. The molecule has 3 aromatic rings. The van der Waals surface area contributed by atoms with Gasteiger partial charge in [0.15, 0.2) is 0 Å². The van der Waals surface area contributed by atoms with Gasteiger partial charge in [-0.2, -0.15) is 0 Å². The van der Waals surface area contributed by atoms with Gasteiger partial charge in [0.25, 0.3) is 0 Å². The van der Waals surface area contributed by atoms with Gasteiger partial charge < -0.3 is 4.74 Å². The molecule has 0 aliphatic heterocycles. The van der Waals surface area contributed by atoms with E-state index in [0.717, 1.165) is 42.4 Å². The van der Waals surface area contributed by atoms with Crippen LogP contribution in [-0.2, 0) is 11.2 Å². The highest BCUT2D eigenvalue weighted by Gasteiger charge is 2.34. The lowest BCUT2D eigenvalue weighted by molar-refractivity contribution is -0.147. The van der Waals surface area contributed by atoms with E-state index in [2.05, 4.69) is 50.2 Å². The number of benzene rings is 3. The molecule has 3 rings (SSSR count). The van der Waals surface area contributed by atoms with E-state index in [4.69, 9.17) is 4.74 Å². The Labute approximate surface area is 210 Å². The van der Waals surface area contributed by atoms with Crippen molar-refractivity contribution in [3.8, 4) is 28.0 Å². The average Bonchev–Trinajstić information content (AvgIpc) is 2.88. The second kappa shape index (κ2) is 13.2. The minimum atomic E-state index is -1.97. The van der Waals surface area contributed by atoms with Gasteiger partial charge in [-0.1, -0.05) is 107 Å². The number of esters is 1. The molecular formula is C32H39FO2. The number of unbranched alkanes of at least 4 members (excludes halogenated alkanes) is 5. The Hall–Kier alpha value is -2.94. The molecule has 1 atom stereocenters. The van der Waals surface area contributed by atoms with Gasteiger partial charge in [0.2, 0.25) is 5.67 Å². The summed E-state index contributed by atoms with van der Waals surface area (Å²) in [6, 6.07) is 24.5. The Balaban J connectivity index is 1.69. The SMILES string of the molecule is CCCCCCC(C)(F)C(=O)Oc1ccc(-c2ccccc2-c2ccc(CCCCC)cc2)cc1. The molecular weight excluding hydrogens is 435 g/mol. The van der Waals surface area contributed by atoms with Crippen LogP contribution in [0.5, 0.6) is 5.75 Å². The fourth-order valence-corrected chi connectivity index (χ4v) is 4.32. The van der Waals surface area contributed by atoms with Crippen molar-refractivity contribution in [3.63, 3.8) is 0 Å². The third kappa shape index (κ3) is 7.78. The highest BCUT2D eigenvalue weighted by molar-refractivity contribution is 5.84. The smallest absolute Gasteiger partial charge is 0.348 e. The molecule has 0 spiro atoms. The van der Waals surface area contributed by atoms with E-state index in [1.165, 1.54) is 37.3 Å². The molecule has 186 valence electrons. The number of hydrogen-bond donors (Lipinski definition) is 0. The summed E-state index contributed by atoms with van der Waals surface area (Å²) in [6.07, 6.45) is 8.77. The lowest BCUT2D eigenvalue weighted by atomic mass is 9.93. The molecule has 0 aliphatic carbocycles. The number of carbonyl (C=O) groups excluding carboxylic acids is 1. The Morgan fingerprint density at radius 2 is 1.29 bits per heavy atom. The zero-order valence-electron chi connectivity index (χ0n) is 21.5. The number of rotatable bonds is 13. The standard InChI is InChI=1S/C32H39FO2/c1-4-6-8-12-24-32(3,33)31(34)35-28-22-20-27(21-23-28)30-15-11-10-14-29(30)26-18-16-25(17-19-26)13-9-7-5-2/h10-11,14-23H,4-9,12-13,24H2,1-3H3. The van der Waals surface area contributed by atoms with Crippen molar-refractivity contribution < 1.29 is 13.9 Å². The van der Waals surface area contributed by atoms with Gasteiger partial charge in [-0.05, 0) is 72.6 Å². The first-order valence-corrected chi connectivity index (χ1v) is 13.1. The van der Waals surface area contributed by atoms with Gasteiger partial charge in [0.1, 0.15) is 5.75 Å². The van der Waals surface area contributed by atoms with Crippen molar-refractivity contribution in [2.24, 2.45) is 0 Å². The number of ether oxygens (including phenoxy) is 1. The van der Waals surface area contributed by atoms with Crippen LogP contribution >= 0.6 is 0 Å². The molecule has 3 aromatic carbocycles. The number of carbonyl (C=O) groups is 1. The van der Waals surface area contributed by atoms with E-state index in [0.29, 0.717) is 12.2 Å². The fraction of sp³-hybridized carbons (Fsp3) is 0.406. The quantitative estimate of drug-likeness (QED) is 0.140. The monoisotopic (exact) mass is 474 g/mol. The largest absolute Gasteiger partial charge is 0.424 e. The van der Waals surface area contributed by atoms with E-state index in [-0.39, 0.29) is 6.42 Å². The van der Waals surface area contributed by atoms with Crippen LogP contribution in [0.15, 0.2) is 72.8 Å². The van der Waals surface area contributed by atoms with Gasteiger partial charge in [0, 0.05) is 0 Å². The second-order valence-electron chi connectivity index (χ2n) is 9.62. The third-order valence-electron chi connectivity index (χ3n) is 6.56. The van der Waals surface area contributed by atoms with E-state index in [9.17, 15) is 9.18 Å². The normalized spacial score (nSPS) is 12.8. The molecule has 0 bridgehead atoms. The lowest BCUT2D eigenvalue weighted by Gasteiger charge is -2.18. The van der Waals surface area contributed by atoms with Gasteiger partial charge in [-0.15, -0.1) is 0 Å². The van der Waals surface area contributed by atoms with Crippen molar-refractivity contribution >= 4 is 5.97 Å². The summed E-state index contributed by atoms with van der Waals surface area (Å²) in [7, 11) is 0. The molecule has 0 radical (unpaired) electrons. The van der Waals surface area contributed by atoms with Crippen molar-refractivity contribution in [2.45, 2.75) is 84.2 Å². The van der Waals surface area contributed by atoms with Crippen LogP contribution < -0.4 is 4.74 Å². The summed E-state index contributed by atoms with van der Waals surface area (Å²) < 4.78 is 20.2. The van der Waals surface area contributed by atoms with E-state index >= 15 is 0 Å². The highest BCUT2D eigenvalue weighted by atomic mass is 19.1. The molecule has 0 heterocycles. The van der Waals surface area contributed by atoms with Gasteiger partial charge in [-0.3, -0.25) is 0 Å². The predicted octanol–water partition coefficient (Wildman–Crippen LogP) is 9.36. The molecule has 2 nitrogen and oxygen atoms in total. The maximum absolute atomic E-state index is 14.8. The molecule has 0 aliphatic rings. The Morgan fingerprint density at radius 3 is 1.86 bits per heavy atom. The minimum absolute atomic E-state index is 0.189. The van der Waals surface area contributed by atoms with Gasteiger partial charge in [-0.25, -0.2) is 9.18 Å². The summed E-state index contributed by atoms with van der Waals surface area (Å²) in [6.45, 7) is 5.65. The van der Waals surface area contributed by atoms with E-state index in [1.807, 2.05) is 24.3 Å². The number of aryl methyl sites for hydroxylation is 1. The third-order valence-corrected chi connectivity index (χ3v) is 6.56. The zero-order valence-corrected chi connectivity index (χ0v) is 21.5. The Kier molecular flexibility index (Phi) is 10.1. The van der Waals surface area contributed by atoms with Gasteiger partial charge >= 0.3 is 5.97 Å². The topological polar surface area (TPSA) is 26.3 Å². The second-order valence-corrected chi connectivity index (χ2v) is 9.62. The first-order valence-electron chi connectivity index (χ1n) is 13.1. The van der Waals surface area contributed by atoms with Crippen LogP contribution in [0.2, 0.25) is 0 Å². The molecule has 0 amide bonds. The van der Waals surface area contributed by atoms with Crippen molar-refractivity contribution in [3.05, 3.63) is 78.4 Å². The van der Waals surface area contributed by atoms with Crippen LogP contribution in [-0.4, -0.2) is 11.6 Å². The van der Waals surface area contributed by atoms with Crippen molar-refractivity contribution in [2.75, 3.05) is 0 Å². The number of halogens is 1. The molecule has 35 heavy (non-hydrogen) atoms. The molecule has 0 saturated heterocycles. The molecule has 3 heteroatoms.